The fourth-order valence-electron chi connectivity index (χ4n) is 3.17. The van der Waals surface area contributed by atoms with E-state index < -0.39 is 5.91 Å². The van der Waals surface area contributed by atoms with Gasteiger partial charge in [-0.15, -0.1) is 6.42 Å². The van der Waals surface area contributed by atoms with Gasteiger partial charge in [-0.1, -0.05) is 34.9 Å². The molecule has 2 aromatic carbocycles. The van der Waals surface area contributed by atoms with Crippen LogP contribution in [-0.4, -0.2) is 22.3 Å². The molecule has 0 bridgehead atoms. The van der Waals surface area contributed by atoms with Gasteiger partial charge in [0.1, 0.15) is 0 Å². The zero-order valence-corrected chi connectivity index (χ0v) is 16.7. The molecule has 2 heterocycles. The van der Waals surface area contributed by atoms with E-state index in [1.54, 1.807) is 34.9 Å². The van der Waals surface area contributed by atoms with Gasteiger partial charge in [0.2, 0.25) is 11.8 Å². The van der Waals surface area contributed by atoms with E-state index in [4.69, 9.17) is 18.0 Å². The summed E-state index contributed by atoms with van der Waals surface area (Å²) in [6.45, 7) is 0.255. The van der Waals surface area contributed by atoms with Gasteiger partial charge in [0.05, 0.1) is 22.4 Å². The summed E-state index contributed by atoms with van der Waals surface area (Å²) in [7, 11) is 0. The third kappa shape index (κ3) is 3.60. The summed E-state index contributed by atoms with van der Waals surface area (Å²) in [6, 6.07) is 11.7. The van der Waals surface area contributed by atoms with Crippen molar-refractivity contribution < 1.29 is 14.4 Å². The Hall–Kier alpha value is -3.21. The summed E-state index contributed by atoms with van der Waals surface area (Å²) in [5.74, 6) is 1.53. The Morgan fingerprint density at radius 1 is 1.17 bits per heavy atom. The molecule has 3 aromatic rings. The molecule has 4 rings (SSSR count). The Bertz CT molecular complexity index is 1270. The summed E-state index contributed by atoms with van der Waals surface area (Å²) in [5, 5.41) is 0.581. The summed E-state index contributed by atoms with van der Waals surface area (Å²) in [5.41, 5.74) is 1.49. The van der Waals surface area contributed by atoms with E-state index in [2.05, 4.69) is 10.9 Å². The number of terminal acetylenes is 1. The van der Waals surface area contributed by atoms with E-state index >= 15 is 0 Å². The average Bonchev–Trinajstić information content (AvgIpc) is 3.21. The highest BCUT2D eigenvalue weighted by atomic mass is 35.5. The van der Waals surface area contributed by atoms with Crippen molar-refractivity contribution in [1.29, 1.82) is 0 Å². The number of nitrogens with zero attached hydrogens (tertiary/aromatic N) is 3. The second kappa shape index (κ2) is 7.66. The molecule has 0 saturated carbocycles. The number of thiazole rings is 1. The first-order valence-electron chi connectivity index (χ1n) is 8.75. The van der Waals surface area contributed by atoms with Gasteiger partial charge >= 0.3 is 0 Å². The predicted molar refractivity (Wildman–Crippen MR) is 112 cm³/mol. The normalized spacial score (nSPS) is 14.6. The Morgan fingerprint density at radius 2 is 1.93 bits per heavy atom. The van der Waals surface area contributed by atoms with E-state index in [0.717, 1.165) is 15.1 Å². The number of hydrogen-bond acceptors (Lipinski definition) is 4. The first-order valence-corrected chi connectivity index (χ1v) is 9.94. The molecule has 0 N–H and O–H groups in total. The third-order valence-corrected chi connectivity index (χ3v) is 5.77. The maximum atomic E-state index is 12.8. The Balaban J connectivity index is 1.76. The largest absolute Gasteiger partial charge is 0.305 e. The minimum atomic E-state index is -0.491. The lowest BCUT2D eigenvalue weighted by molar-refractivity contribution is -0.121. The van der Waals surface area contributed by atoms with Crippen molar-refractivity contribution in [1.82, 2.24) is 4.57 Å². The molecule has 1 fully saturated rings. The van der Waals surface area contributed by atoms with Crippen molar-refractivity contribution in [2.24, 2.45) is 4.99 Å². The molecule has 8 heteroatoms. The van der Waals surface area contributed by atoms with E-state index in [1.807, 2.05) is 6.07 Å². The Kier molecular flexibility index (Phi) is 5.05. The number of rotatable bonds is 3. The maximum absolute atomic E-state index is 12.8. The number of carbonyl (C=O) groups excluding carboxylic acids is 3. The molecular weight excluding hydrogens is 410 g/mol. The summed E-state index contributed by atoms with van der Waals surface area (Å²) < 4.78 is 2.63. The topological polar surface area (TPSA) is 71.7 Å². The zero-order chi connectivity index (χ0) is 20.5. The maximum Gasteiger partial charge on any atom is 0.279 e. The monoisotopic (exact) mass is 423 g/mol. The Labute approximate surface area is 175 Å². The van der Waals surface area contributed by atoms with Crippen LogP contribution in [0.3, 0.4) is 0 Å². The van der Waals surface area contributed by atoms with Crippen molar-refractivity contribution in [2.75, 3.05) is 4.90 Å². The van der Waals surface area contributed by atoms with Crippen LogP contribution in [-0.2, 0) is 16.1 Å². The molecular formula is C21H14ClN3O3S. The summed E-state index contributed by atoms with van der Waals surface area (Å²) in [6.07, 6.45) is 5.84. The zero-order valence-electron chi connectivity index (χ0n) is 15.1. The molecule has 0 radical (unpaired) electrons. The van der Waals surface area contributed by atoms with Crippen LogP contribution in [0.1, 0.15) is 23.2 Å². The second-order valence-corrected chi connectivity index (χ2v) is 7.82. The van der Waals surface area contributed by atoms with E-state index in [-0.39, 0.29) is 36.8 Å². The van der Waals surface area contributed by atoms with Crippen LogP contribution >= 0.6 is 22.9 Å². The number of imide groups is 1. The number of halogens is 1. The van der Waals surface area contributed by atoms with E-state index in [1.165, 1.54) is 17.4 Å². The number of carbonyl (C=O) groups is 3. The van der Waals surface area contributed by atoms with Crippen LogP contribution in [0, 0.1) is 12.3 Å². The SMILES string of the molecule is C#CCn1c(=NC(=O)c2cccc(N3C(=O)CCC3=O)c2)sc2cc(Cl)ccc21. The van der Waals surface area contributed by atoms with Crippen molar-refractivity contribution in [3.05, 3.63) is 57.9 Å². The predicted octanol–water partition coefficient (Wildman–Crippen LogP) is 3.38. The van der Waals surface area contributed by atoms with Crippen LogP contribution in [0.25, 0.3) is 10.2 Å². The fourth-order valence-corrected chi connectivity index (χ4v) is 4.47. The van der Waals surface area contributed by atoms with Gasteiger partial charge in [0.25, 0.3) is 5.91 Å². The summed E-state index contributed by atoms with van der Waals surface area (Å²) >= 11 is 7.37. The number of hydrogen-bond donors (Lipinski definition) is 0. The summed E-state index contributed by atoms with van der Waals surface area (Å²) in [4.78, 5) is 42.5. The second-order valence-electron chi connectivity index (χ2n) is 6.38. The van der Waals surface area contributed by atoms with Crippen LogP contribution < -0.4 is 9.70 Å². The molecule has 0 spiro atoms. The number of amides is 3. The number of benzene rings is 2. The van der Waals surface area contributed by atoms with Gasteiger partial charge in [-0.25, -0.2) is 0 Å². The van der Waals surface area contributed by atoms with Crippen LogP contribution in [0.15, 0.2) is 47.5 Å². The van der Waals surface area contributed by atoms with Crippen LogP contribution in [0.5, 0.6) is 0 Å². The molecule has 0 aliphatic carbocycles. The van der Waals surface area contributed by atoms with Crippen molar-refractivity contribution in [2.45, 2.75) is 19.4 Å². The molecule has 1 aromatic heterocycles. The van der Waals surface area contributed by atoms with Crippen molar-refractivity contribution in [3.63, 3.8) is 0 Å². The highest BCUT2D eigenvalue weighted by Gasteiger charge is 2.30. The van der Waals surface area contributed by atoms with Crippen molar-refractivity contribution >= 4 is 56.6 Å². The average molecular weight is 424 g/mol. The fraction of sp³-hybridized carbons (Fsp3) is 0.143. The van der Waals surface area contributed by atoms with Gasteiger partial charge in [-0.3, -0.25) is 19.3 Å². The minimum Gasteiger partial charge on any atom is -0.305 e. The first-order chi connectivity index (χ1) is 14.0. The highest BCUT2D eigenvalue weighted by molar-refractivity contribution is 7.16. The van der Waals surface area contributed by atoms with Gasteiger partial charge < -0.3 is 4.57 Å². The molecule has 3 amide bonds. The van der Waals surface area contributed by atoms with Gasteiger partial charge in [0.15, 0.2) is 4.80 Å². The Morgan fingerprint density at radius 3 is 2.66 bits per heavy atom. The first kappa shape index (κ1) is 19.1. The van der Waals surface area contributed by atoms with Crippen molar-refractivity contribution in [3.8, 4) is 12.3 Å². The minimum absolute atomic E-state index is 0.178. The van der Waals surface area contributed by atoms with Gasteiger partial charge in [0, 0.05) is 23.4 Å². The molecule has 6 nitrogen and oxygen atoms in total. The molecule has 0 atom stereocenters. The lowest BCUT2D eigenvalue weighted by Crippen LogP contribution is -2.28. The standard InChI is InChI=1S/C21H14ClN3O3S/c1-2-10-24-16-7-6-14(22)12-17(16)29-21(24)23-20(28)13-4-3-5-15(11-13)25-18(26)8-9-19(25)27/h1,3-7,11-12H,8-10H2. The van der Waals surface area contributed by atoms with E-state index in [9.17, 15) is 14.4 Å². The van der Waals surface area contributed by atoms with Crippen LogP contribution in [0.4, 0.5) is 5.69 Å². The third-order valence-electron chi connectivity index (χ3n) is 4.49. The quantitative estimate of drug-likeness (QED) is 0.479. The van der Waals surface area contributed by atoms with E-state index in [0.29, 0.717) is 15.5 Å². The number of anilines is 1. The lowest BCUT2D eigenvalue weighted by Gasteiger charge is -2.14. The number of fused-ring (bicyclic) bond motifs is 1. The van der Waals surface area contributed by atoms with Gasteiger partial charge in [-0.05, 0) is 36.4 Å². The highest BCUT2D eigenvalue weighted by Crippen LogP contribution is 2.24. The smallest absolute Gasteiger partial charge is 0.279 e. The lowest BCUT2D eigenvalue weighted by atomic mass is 10.2. The van der Waals surface area contributed by atoms with Gasteiger partial charge in [-0.2, -0.15) is 4.99 Å². The molecule has 144 valence electrons. The van der Waals surface area contributed by atoms with Crippen LogP contribution in [0.2, 0.25) is 5.02 Å². The number of aromatic nitrogens is 1. The molecule has 1 saturated heterocycles. The molecule has 1 aliphatic heterocycles. The molecule has 29 heavy (non-hydrogen) atoms. The molecule has 1 aliphatic rings. The molecule has 0 unspecified atom stereocenters.